The molecule has 142 valence electrons. The minimum atomic E-state index is -3.72. The number of nitriles is 1. The van der Waals surface area contributed by atoms with Gasteiger partial charge in [-0.05, 0) is 42.1 Å². The van der Waals surface area contributed by atoms with Crippen molar-refractivity contribution in [1.29, 1.82) is 5.26 Å². The maximum absolute atomic E-state index is 12.0. The lowest BCUT2D eigenvalue weighted by Crippen LogP contribution is -2.24. The molecule has 0 atom stereocenters. The molecule has 2 rings (SSSR count). The van der Waals surface area contributed by atoms with Gasteiger partial charge in [0.15, 0.2) is 5.78 Å². The second-order valence-corrected chi connectivity index (χ2v) is 8.18. The smallest absolute Gasteiger partial charge is 0.338 e. The number of nitrogens with zero attached hydrogens (tertiary/aromatic N) is 1. The number of nitrogens with one attached hydrogen (secondary N) is 1. The molecule has 0 unspecified atom stereocenters. The van der Waals surface area contributed by atoms with Gasteiger partial charge in [-0.15, -0.1) is 11.3 Å². The molecule has 0 amide bonds. The van der Waals surface area contributed by atoms with Crippen LogP contribution in [0.2, 0.25) is 0 Å². The first-order valence-corrected chi connectivity index (χ1v) is 10.5. The van der Waals surface area contributed by atoms with E-state index in [0.29, 0.717) is 17.7 Å². The van der Waals surface area contributed by atoms with Gasteiger partial charge in [0.25, 0.3) is 0 Å². The van der Waals surface area contributed by atoms with E-state index < -0.39 is 16.0 Å². The number of sulfonamides is 1. The lowest BCUT2D eigenvalue weighted by atomic mass is 10.2. The quantitative estimate of drug-likeness (QED) is 0.369. The Morgan fingerprint density at radius 1 is 1.19 bits per heavy atom. The summed E-state index contributed by atoms with van der Waals surface area (Å²) in [5, 5.41) is 10.3. The zero-order valence-electron chi connectivity index (χ0n) is 14.4. The molecule has 7 nitrogen and oxygen atoms in total. The molecule has 0 aliphatic heterocycles. The summed E-state index contributed by atoms with van der Waals surface area (Å²) >= 11 is 1.37. The van der Waals surface area contributed by atoms with Crippen LogP contribution in [0.4, 0.5) is 0 Å². The molecule has 0 radical (unpaired) electrons. The molecule has 0 fully saturated rings. The zero-order valence-corrected chi connectivity index (χ0v) is 16.0. The average Bonchev–Trinajstić information content (AvgIpc) is 3.20. The molecule has 0 bridgehead atoms. The van der Waals surface area contributed by atoms with Crippen LogP contribution in [-0.4, -0.2) is 33.3 Å². The fourth-order valence-electron chi connectivity index (χ4n) is 2.14. The molecule has 1 aromatic carbocycles. The minimum absolute atomic E-state index is 0.00136. The molecule has 0 aliphatic rings. The number of Topliss-reactive ketones (excluding diaryl/α,β-unsaturated/α-hetero) is 1. The zero-order chi connectivity index (χ0) is 19.7. The molecule has 0 spiro atoms. The van der Waals surface area contributed by atoms with Gasteiger partial charge in [-0.25, -0.2) is 17.9 Å². The molecule has 1 aromatic heterocycles. The van der Waals surface area contributed by atoms with E-state index in [-0.39, 0.29) is 35.8 Å². The number of carbonyl (C=O) groups is 2. The Morgan fingerprint density at radius 2 is 1.93 bits per heavy atom. The van der Waals surface area contributed by atoms with Gasteiger partial charge in [0, 0.05) is 19.4 Å². The monoisotopic (exact) mass is 406 g/mol. The maximum atomic E-state index is 12.0. The lowest BCUT2D eigenvalue weighted by molar-refractivity contribution is 0.0494. The number of hydrogen-bond acceptors (Lipinski definition) is 7. The van der Waals surface area contributed by atoms with Gasteiger partial charge in [0.2, 0.25) is 10.0 Å². The molecule has 0 aliphatic carbocycles. The summed E-state index contributed by atoms with van der Waals surface area (Å²) in [6.07, 6.45) is 0.774. The van der Waals surface area contributed by atoms with E-state index >= 15 is 0 Å². The van der Waals surface area contributed by atoms with Gasteiger partial charge >= 0.3 is 5.97 Å². The Balaban J connectivity index is 1.81. The van der Waals surface area contributed by atoms with Crippen LogP contribution in [-0.2, 0) is 14.8 Å². The predicted molar refractivity (Wildman–Crippen MR) is 100 cm³/mol. The Hall–Kier alpha value is -2.54. The summed E-state index contributed by atoms with van der Waals surface area (Å²) in [6, 6.07) is 10.7. The van der Waals surface area contributed by atoms with E-state index in [0.717, 1.165) is 0 Å². The molecule has 1 heterocycles. The minimum Gasteiger partial charge on any atom is -0.462 e. The Labute approximate surface area is 161 Å². The number of hydrogen-bond donors (Lipinski definition) is 1. The average molecular weight is 406 g/mol. The standard InChI is InChI=1S/C18H18N2O5S2/c19-10-3-11-20-27(23,24)15-8-6-14(7-9-15)18(22)25-12-1-4-16(21)17-5-2-13-26-17/h2,5-9,13,20H,1,3-4,11-12H2. The lowest BCUT2D eigenvalue weighted by Gasteiger charge is -2.07. The van der Waals surface area contributed by atoms with Crippen LogP contribution in [0.3, 0.4) is 0 Å². The number of esters is 1. The van der Waals surface area contributed by atoms with Crippen molar-refractivity contribution in [3.8, 4) is 6.07 Å². The molecule has 9 heteroatoms. The summed E-state index contributed by atoms with van der Waals surface area (Å²) in [5.74, 6) is -0.570. The van der Waals surface area contributed by atoms with Gasteiger partial charge in [0.05, 0.1) is 28.0 Å². The van der Waals surface area contributed by atoms with E-state index in [1.165, 1.54) is 35.6 Å². The van der Waals surface area contributed by atoms with Crippen molar-refractivity contribution in [2.24, 2.45) is 0 Å². The van der Waals surface area contributed by atoms with Crippen molar-refractivity contribution in [1.82, 2.24) is 4.72 Å². The predicted octanol–water partition coefficient (Wildman–Crippen LogP) is 2.76. The second-order valence-electron chi connectivity index (χ2n) is 5.47. The third kappa shape index (κ3) is 6.29. The normalized spacial score (nSPS) is 10.9. The molecule has 27 heavy (non-hydrogen) atoms. The maximum Gasteiger partial charge on any atom is 0.338 e. The summed E-state index contributed by atoms with van der Waals surface area (Å²) in [5.41, 5.74) is 0.218. The summed E-state index contributed by atoms with van der Waals surface area (Å²) < 4.78 is 31.4. The van der Waals surface area contributed by atoms with Crippen molar-refractivity contribution in [2.75, 3.05) is 13.2 Å². The number of ketones is 1. The highest BCUT2D eigenvalue weighted by atomic mass is 32.2. The van der Waals surface area contributed by atoms with E-state index in [4.69, 9.17) is 10.00 Å². The second kappa shape index (κ2) is 9.97. The highest BCUT2D eigenvalue weighted by molar-refractivity contribution is 7.89. The van der Waals surface area contributed by atoms with Crippen molar-refractivity contribution in [2.45, 2.75) is 24.2 Å². The molecular formula is C18H18N2O5S2. The van der Waals surface area contributed by atoms with Gasteiger partial charge in [-0.3, -0.25) is 4.79 Å². The SMILES string of the molecule is N#CCCNS(=O)(=O)c1ccc(C(=O)OCCCC(=O)c2cccs2)cc1. The number of benzene rings is 1. The first-order chi connectivity index (χ1) is 12.9. The Bertz CT molecular complexity index is 914. The van der Waals surface area contributed by atoms with E-state index in [2.05, 4.69) is 4.72 Å². The van der Waals surface area contributed by atoms with Gasteiger partial charge in [-0.2, -0.15) is 5.26 Å². The topological polar surface area (TPSA) is 113 Å². The van der Waals surface area contributed by atoms with Gasteiger partial charge in [-0.1, -0.05) is 6.07 Å². The van der Waals surface area contributed by atoms with Crippen molar-refractivity contribution in [3.63, 3.8) is 0 Å². The van der Waals surface area contributed by atoms with E-state index in [9.17, 15) is 18.0 Å². The first-order valence-electron chi connectivity index (χ1n) is 8.14. The van der Waals surface area contributed by atoms with Crippen molar-refractivity contribution in [3.05, 3.63) is 52.2 Å². The third-order valence-electron chi connectivity index (χ3n) is 3.51. The molecule has 1 N–H and O–H groups in total. The highest BCUT2D eigenvalue weighted by Crippen LogP contribution is 2.14. The van der Waals surface area contributed by atoms with Crippen LogP contribution in [0.1, 0.15) is 39.3 Å². The van der Waals surface area contributed by atoms with Crippen molar-refractivity contribution >= 4 is 33.1 Å². The van der Waals surface area contributed by atoms with Gasteiger partial charge < -0.3 is 4.74 Å². The number of carbonyl (C=O) groups excluding carboxylic acids is 2. The summed E-state index contributed by atoms with van der Waals surface area (Å²) in [6.45, 7) is 0.124. The molecule has 0 saturated carbocycles. The van der Waals surface area contributed by atoms with Crippen LogP contribution in [0.5, 0.6) is 0 Å². The van der Waals surface area contributed by atoms with Crippen LogP contribution in [0, 0.1) is 11.3 Å². The van der Waals surface area contributed by atoms with Crippen LogP contribution in [0.15, 0.2) is 46.7 Å². The molecular weight excluding hydrogens is 388 g/mol. The number of ether oxygens (including phenoxy) is 1. The fourth-order valence-corrected chi connectivity index (χ4v) is 3.86. The third-order valence-corrected chi connectivity index (χ3v) is 5.89. The number of rotatable bonds is 10. The largest absolute Gasteiger partial charge is 0.462 e. The Morgan fingerprint density at radius 3 is 2.56 bits per heavy atom. The fraction of sp³-hybridized carbons (Fsp3) is 0.278. The Kier molecular flexibility index (Phi) is 7.67. The highest BCUT2D eigenvalue weighted by Gasteiger charge is 2.15. The molecule has 2 aromatic rings. The van der Waals surface area contributed by atoms with Crippen LogP contribution < -0.4 is 4.72 Å². The molecule has 0 saturated heterocycles. The first kappa shape index (κ1) is 20.8. The van der Waals surface area contributed by atoms with Gasteiger partial charge in [0.1, 0.15) is 0 Å². The summed E-state index contributed by atoms with van der Waals surface area (Å²) in [7, 11) is -3.72. The number of thiophene rings is 1. The van der Waals surface area contributed by atoms with Crippen LogP contribution in [0.25, 0.3) is 0 Å². The van der Waals surface area contributed by atoms with Crippen LogP contribution >= 0.6 is 11.3 Å². The summed E-state index contributed by atoms with van der Waals surface area (Å²) in [4.78, 5) is 24.5. The van der Waals surface area contributed by atoms with E-state index in [1.54, 1.807) is 12.1 Å². The van der Waals surface area contributed by atoms with Crippen molar-refractivity contribution < 1.29 is 22.7 Å². The van der Waals surface area contributed by atoms with E-state index in [1.807, 2.05) is 11.4 Å².